The number of nitrogens with zero attached hydrogens (tertiary/aromatic N) is 3. The van der Waals surface area contributed by atoms with E-state index in [0.29, 0.717) is 12.2 Å². The molecule has 3 aromatic heterocycles. The molecule has 0 saturated heterocycles. The Bertz CT molecular complexity index is 1060. The molecule has 0 fully saturated rings. The smallest absolute Gasteiger partial charge is 0.306 e. The fourth-order valence-corrected chi connectivity index (χ4v) is 2.89. The third kappa shape index (κ3) is 3.72. The van der Waals surface area contributed by atoms with Crippen molar-refractivity contribution in [1.29, 1.82) is 0 Å². The largest absolute Gasteiger partial charge is 0.453 e. The van der Waals surface area contributed by atoms with Gasteiger partial charge >= 0.3 is 5.97 Å². The van der Waals surface area contributed by atoms with Crippen LogP contribution in [-0.2, 0) is 16.0 Å². The summed E-state index contributed by atoms with van der Waals surface area (Å²) in [6.45, 7) is 1.71. The van der Waals surface area contributed by atoms with Crippen LogP contribution in [0.5, 0.6) is 0 Å². The third-order valence-corrected chi connectivity index (χ3v) is 4.29. The standard InChI is InChI=1S/C20H18N4O3/c1-13(20-23-19(24-27-20)15-5-4-10-21-11-15)26-18(25)9-8-14-12-22-17-7-3-2-6-16(14)17/h2-7,10-13,22H,8-9H2,1H3/t13-/m0/s1. The van der Waals surface area contributed by atoms with Crippen LogP contribution in [0.15, 0.2) is 59.5 Å². The Morgan fingerprint density at radius 2 is 2.15 bits per heavy atom. The number of aromatic amines is 1. The predicted molar refractivity (Wildman–Crippen MR) is 98.7 cm³/mol. The number of H-pyrrole nitrogens is 1. The Morgan fingerprint density at radius 1 is 1.26 bits per heavy atom. The zero-order valence-corrected chi connectivity index (χ0v) is 14.8. The molecule has 0 aliphatic heterocycles. The van der Waals surface area contributed by atoms with E-state index in [-0.39, 0.29) is 18.3 Å². The first-order valence-corrected chi connectivity index (χ1v) is 8.69. The van der Waals surface area contributed by atoms with Gasteiger partial charge in [0.05, 0.1) is 0 Å². The number of fused-ring (bicyclic) bond motifs is 1. The van der Waals surface area contributed by atoms with Crippen LogP contribution in [0.4, 0.5) is 0 Å². The number of hydrogen-bond donors (Lipinski definition) is 1. The van der Waals surface area contributed by atoms with Crippen molar-refractivity contribution in [1.82, 2.24) is 20.1 Å². The number of benzene rings is 1. The van der Waals surface area contributed by atoms with Gasteiger partial charge in [-0.3, -0.25) is 9.78 Å². The Labute approximate surface area is 155 Å². The molecular formula is C20H18N4O3. The quantitative estimate of drug-likeness (QED) is 0.524. The highest BCUT2D eigenvalue weighted by molar-refractivity contribution is 5.83. The van der Waals surface area contributed by atoms with Crippen LogP contribution >= 0.6 is 0 Å². The van der Waals surface area contributed by atoms with Crippen LogP contribution in [-0.4, -0.2) is 26.1 Å². The van der Waals surface area contributed by atoms with E-state index in [2.05, 4.69) is 20.1 Å². The van der Waals surface area contributed by atoms with Crippen LogP contribution in [0.25, 0.3) is 22.3 Å². The highest BCUT2D eigenvalue weighted by Gasteiger charge is 2.19. The molecule has 7 nitrogen and oxygen atoms in total. The number of aryl methyl sites for hydroxylation is 1. The summed E-state index contributed by atoms with van der Waals surface area (Å²) in [5.74, 6) is 0.364. The van der Waals surface area contributed by atoms with Gasteiger partial charge in [-0.2, -0.15) is 4.98 Å². The van der Waals surface area contributed by atoms with Gasteiger partial charge in [0.1, 0.15) is 0 Å². The van der Waals surface area contributed by atoms with E-state index < -0.39 is 6.10 Å². The molecule has 136 valence electrons. The normalized spacial score (nSPS) is 12.2. The summed E-state index contributed by atoms with van der Waals surface area (Å²) < 4.78 is 10.7. The summed E-state index contributed by atoms with van der Waals surface area (Å²) >= 11 is 0. The van der Waals surface area contributed by atoms with E-state index >= 15 is 0 Å². The average Bonchev–Trinajstić information content (AvgIpc) is 3.35. The molecular weight excluding hydrogens is 344 g/mol. The Morgan fingerprint density at radius 3 is 3.00 bits per heavy atom. The summed E-state index contributed by atoms with van der Waals surface area (Å²) in [5.41, 5.74) is 2.89. The van der Waals surface area contributed by atoms with Crippen LogP contribution in [0.1, 0.15) is 30.9 Å². The molecule has 0 amide bonds. The molecule has 27 heavy (non-hydrogen) atoms. The first kappa shape index (κ1) is 17.0. The topological polar surface area (TPSA) is 93.9 Å². The van der Waals surface area contributed by atoms with Crippen LogP contribution in [0.3, 0.4) is 0 Å². The minimum absolute atomic E-state index is 0.259. The minimum atomic E-state index is -0.613. The monoisotopic (exact) mass is 362 g/mol. The first-order chi connectivity index (χ1) is 13.2. The van der Waals surface area contributed by atoms with E-state index in [1.165, 1.54) is 0 Å². The van der Waals surface area contributed by atoms with Gasteiger partial charge in [0, 0.05) is 41.5 Å². The second-order valence-corrected chi connectivity index (χ2v) is 6.19. The fraction of sp³-hybridized carbons (Fsp3) is 0.200. The van der Waals surface area contributed by atoms with Gasteiger partial charge in [-0.1, -0.05) is 23.4 Å². The fourth-order valence-electron chi connectivity index (χ4n) is 2.89. The average molecular weight is 362 g/mol. The molecule has 0 spiro atoms. The van der Waals surface area contributed by atoms with Crippen molar-refractivity contribution in [3.8, 4) is 11.4 Å². The molecule has 4 rings (SSSR count). The van der Waals surface area contributed by atoms with E-state index in [9.17, 15) is 4.79 Å². The number of hydrogen-bond acceptors (Lipinski definition) is 6. The maximum atomic E-state index is 12.2. The van der Waals surface area contributed by atoms with Crippen molar-refractivity contribution >= 4 is 16.9 Å². The highest BCUT2D eigenvalue weighted by Crippen LogP contribution is 2.22. The number of para-hydroxylation sites is 1. The maximum Gasteiger partial charge on any atom is 0.306 e. The molecule has 0 saturated carbocycles. The van der Waals surface area contributed by atoms with Gasteiger partial charge in [0.2, 0.25) is 5.82 Å². The molecule has 0 aliphatic carbocycles. The van der Waals surface area contributed by atoms with E-state index in [4.69, 9.17) is 9.26 Å². The van der Waals surface area contributed by atoms with Crippen molar-refractivity contribution < 1.29 is 14.1 Å². The molecule has 1 N–H and O–H groups in total. The van der Waals surface area contributed by atoms with E-state index in [0.717, 1.165) is 22.0 Å². The Balaban J connectivity index is 1.36. The first-order valence-electron chi connectivity index (χ1n) is 8.69. The molecule has 0 radical (unpaired) electrons. The van der Waals surface area contributed by atoms with Crippen LogP contribution in [0.2, 0.25) is 0 Å². The number of carbonyl (C=O) groups excluding carboxylic acids is 1. The molecule has 0 aliphatic rings. The van der Waals surface area contributed by atoms with Gasteiger partial charge in [0.25, 0.3) is 5.89 Å². The summed E-state index contributed by atoms with van der Waals surface area (Å²) in [4.78, 5) is 23.7. The number of pyridine rings is 1. The van der Waals surface area contributed by atoms with Crippen molar-refractivity contribution in [3.63, 3.8) is 0 Å². The minimum Gasteiger partial charge on any atom is -0.453 e. The van der Waals surface area contributed by atoms with E-state index in [1.807, 2.05) is 36.5 Å². The lowest BCUT2D eigenvalue weighted by molar-refractivity contribution is -0.149. The van der Waals surface area contributed by atoms with Gasteiger partial charge in [-0.05, 0) is 37.1 Å². The summed E-state index contributed by atoms with van der Waals surface area (Å²) in [6.07, 6.45) is 5.50. The SMILES string of the molecule is C[C@H](OC(=O)CCc1c[nH]c2ccccc12)c1nc(-c2cccnc2)no1. The molecule has 3 heterocycles. The van der Waals surface area contributed by atoms with Gasteiger partial charge < -0.3 is 14.2 Å². The number of nitrogens with one attached hydrogen (secondary N) is 1. The van der Waals surface area contributed by atoms with Gasteiger partial charge in [-0.15, -0.1) is 0 Å². The molecule has 0 bridgehead atoms. The second-order valence-electron chi connectivity index (χ2n) is 6.19. The van der Waals surface area contributed by atoms with Crippen molar-refractivity contribution in [2.45, 2.75) is 25.9 Å². The van der Waals surface area contributed by atoms with Crippen molar-refractivity contribution in [2.75, 3.05) is 0 Å². The summed E-state index contributed by atoms with van der Waals surface area (Å²) in [5, 5.41) is 5.04. The lowest BCUT2D eigenvalue weighted by atomic mass is 10.1. The molecule has 1 atom stereocenters. The molecule has 1 aromatic carbocycles. The number of esters is 1. The maximum absolute atomic E-state index is 12.2. The lowest BCUT2D eigenvalue weighted by Gasteiger charge is -2.08. The van der Waals surface area contributed by atoms with Crippen LogP contribution in [0, 0.1) is 0 Å². The Kier molecular flexibility index (Phi) is 4.65. The third-order valence-electron chi connectivity index (χ3n) is 4.29. The molecule has 7 heteroatoms. The van der Waals surface area contributed by atoms with E-state index in [1.54, 1.807) is 25.4 Å². The number of rotatable bonds is 6. The zero-order valence-electron chi connectivity index (χ0n) is 14.8. The highest BCUT2D eigenvalue weighted by atomic mass is 16.6. The Hall–Kier alpha value is -3.48. The van der Waals surface area contributed by atoms with Crippen LogP contribution < -0.4 is 0 Å². The summed E-state index contributed by atoms with van der Waals surface area (Å²) in [7, 11) is 0. The van der Waals surface area contributed by atoms with Gasteiger partial charge in [0.15, 0.2) is 6.10 Å². The summed E-state index contributed by atoms with van der Waals surface area (Å²) in [6, 6.07) is 11.6. The van der Waals surface area contributed by atoms with Gasteiger partial charge in [-0.25, -0.2) is 0 Å². The second kappa shape index (κ2) is 7.41. The zero-order chi connectivity index (χ0) is 18.6. The molecule has 0 unspecified atom stereocenters. The predicted octanol–water partition coefficient (Wildman–Crippen LogP) is 3.85. The number of carbonyl (C=O) groups is 1. The number of ether oxygens (including phenoxy) is 1. The lowest BCUT2D eigenvalue weighted by Crippen LogP contribution is -2.10. The van der Waals surface area contributed by atoms with Crippen molar-refractivity contribution in [2.24, 2.45) is 0 Å². The number of aromatic nitrogens is 4. The van der Waals surface area contributed by atoms with Crippen molar-refractivity contribution in [3.05, 3.63) is 66.4 Å². The molecule has 4 aromatic rings.